The number of rotatable bonds is 5. The van der Waals surface area contributed by atoms with E-state index in [0.29, 0.717) is 23.3 Å². The molecule has 3 aromatic carbocycles. The molecule has 2 amide bonds. The van der Waals surface area contributed by atoms with Gasteiger partial charge in [0.1, 0.15) is 11.9 Å². The van der Waals surface area contributed by atoms with Gasteiger partial charge in [-0.25, -0.2) is 4.79 Å². The van der Waals surface area contributed by atoms with Crippen LogP contribution in [0.3, 0.4) is 0 Å². The molecule has 0 aromatic heterocycles. The van der Waals surface area contributed by atoms with Crippen LogP contribution in [-0.2, 0) is 28.1 Å². The fourth-order valence-corrected chi connectivity index (χ4v) is 7.41. The van der Waals surface area contributed by atoms with E-state index in [1.807, 2.05) is 6.92 Å². The second-order valence-electron chi connectivity index (χ2n) is 12.6. The van der Waals surface area contributed by atoms with Crippen molar-refractivity contribution in [2.75, 3.05) is 7.11 Å². The summed E-state index contributed by atoms with van der Waals surface area (Å²) in [5, 5.41) is 2.88. The molecule has 0 unspecified atom stereocenters. The van der Waals surface area contributed by atoms with Crippen LogP contribution in [0.5, 0.6) is 5.75 Å². The molecule has 0 aliphatic carbocycles. The standard InChI is InChI=1S/C34H29F9N2O4/c1-15-28(16(2)44-30(15)46)17-4-9-27(48-3)24(12-17)22-6-5-19(32(35,36)37)14-23(22)25-7-8-26-29(49-31(47)45(25)26)18-10-20(33(38,39)40)13-21(11-18)34(41,42)43/h4-6,9-16,25-26,28-29H,7-8H2,1-3H3,(H,44,46)/t15-,16+,25+,26+,28-,29-/m1/s1. The molecule has 262 valence electrons. The van der Waals surface area contributed by atoms with Crippen molar-refractivity contribution in [1.82, 2.24) is 10.2 Å². The number of nitrogens with one attached hydrogen (secondary N) is 1. The lowest BCUT2D eigenvalue weighted by molar-refractivity contribution is -0.143. The van der Waals surface area contributed by atoms with E-state index < -0.39 is 71.0 Å². The number of amides is 2. The van der Waals surface area contributed by atoms with Crippen LogP contribution in [0.1, 0.15) is 78.1 Å². The zero-order valence-electron chi connectivity index (χ0n) is 26.1. The first-order valence-corrected chi connectivity index (χ1v) is 15.3. The molecular weight excluding hydrogens is 671 g/mol. The Hall–Kier alpha value is -4.43. The third-order valence-electron chi connectivity index (χ3n) is 9.65. The number of halogens is 9. The smallest absolute Gasteiger partial charge is 0.416 e. The number of carbonyl (C=O) groups excluding carboxylic acids is 2. The second kappa shape index (κ2) is 11.9. The molecule has 3 aliphatic heterocycles. The molecule has 3 aliphatic rings. The normalized spacial score (nSPS) is 25.8. The van der Waals surface area contributed by atoms with Gasteiger partial charge in [0.2, 0.25) is 5.91 Å². The van der Waals surface area contributed by atoms with Crippen LogP contribution >= 0.6 is 0 Å². The molecule has 3 aromatic rings. The molecule has 6 atom stereocenters. The topological polar surface area (TPSA) is 67.9 Å². The van der Waals surface area contributed by atoms with E-state index in [9.17, 15) is 49.1 Å². The van der Waals surface area contributed by atoms with Gasteiger partial charge < -0.3 is 14.8 Å². The molecule has 3 heterocycles. The Morgan fingerprint density at radius 3 is 1.94 bits per heavy atom. The lowest BCUT2D eigenvalue weighted by Crippen LogP contribution is -2.31. The maximum atomic E-state index is 14.1. The van der Waals surface area contributed by atoms with Crippen LogP contribution in [0.15, 0.2) is 54.6 Å². The molecule has 6 nitrogen and oxygen atoms in total. The number of fused-ring (bicyclic) bond motifs is 1. The molecular formula is C34H29F9N2O4. The third-order valence-corrected chi connectivity index (χ3v) is 9.65. The number of hydrogen-bond donors (Lipinski definition) is 1. The van der Waals surface area contributed by atoms with Gasteiger partial charge >= 0.3 is 24.6 Å². The van der Waals surface area contributed by atoms with Gasteiger partial charge in [-0.1, -0.05) is 19.1 Å². The summed E-state index contributed by atoms with van der Waals surface area (Å²) in [5.74, 6) is -0.576. The van der Waals surface area contributed by atoms with Crippen molar-refractivity contribution >= 4 is 12.0 Å². The summed E-state index contributed by atoms with van der Waals surface area (Å²) in [6.45, 7) is 3.59. The zero-order chi connectivity index (χ0) is 35.8. The minimum Gasteiger partial charge on any atom is -0.496 e. The number of nitrogens with zero attached hydrogens (tertiary/aromatic N) is 1. The van der Waals surface area contributed by atoms with Crippen molar-refractivity contribution in [2.24, 2.45) is 5.92 Å². The van der Waals surface area contributed by atoms with E-state index in [1.165, 1.54) is 13.2 Å². The Labute approximate surface area is 274 Å². The van der Waals surface area contributed by atoms with Crippen LogP contribution < -0.4 is 10.1 Å². The number of carbonyl (C=O) groups is 2. The zero-order valence-corrected chi connectivity index (χ0v) is 26.1. The predicted octanol–water partition coefficient (Wildman–Crippen LogP) is 9.05. The van der Waals surface area contributed by atoms with E-state index in [4.69, 9.17) is 9.47 Å². The monoisotopic (exact) mass is 700 g/mol. The fraction of sp³-hybridized carbons (Fsp3) is 0.412. The predicted molar refractivity (Wildman–Crippen MR) is 156 cm³/mol. The highest BCUT2D eigenvalue weighted by molar-refractivity contribution is 5.83. The largest absolute Gasteiger partial charge is 0.496 e. The van der Waals surface area contributed by atoms with Crippen LogP contribution in [-0.4, -0.2) is 36.1 Å². The van der Waals surface area contributed by atoms with Crippen molar-refractivity contribution in [2.45, 2.75) is 75.4 Å². The van der Waals surface area contributed by atoms with E-state index in [2.05, 4.69) is 5.32 Å². The molecule has 0 spiro atoms. The van der Waals surface area contributed by atoms with Gasteiger partial charge in [0.15, 0.2) is 0 Å². The lowest BCUT2D eigenvalue weighted by atomic mass is 9.83. The van der Waals surface area contributed by atoms with Crippen molar-refractivity contribution in [3.05, 3.63) is 88.0 Å². The van der Waals surface area contributed by atoms with Crippen LogP contribution in [0, 0.1) is 5.92 Å². The number of benzene rings is 3. The summed E-state index contributed by atoms with van der Waals surface area (Å²) in [5.41, 5.74) is -3.39. The molecule has 0 saturated carbocycles. The van der Waals surface area contributed by atoms with Gasteiger partial charge in [-0.05, 0) is 84.5 Å². The molecule has 49 heavy (non-hydrogen) atoms. The maximum absolute atomic E-state index is 14.1. The average molecular weight is 701 g/mol. The summed E-state index contributed by atoms with van der Waals surface area (Å²) < 4.78 is 135. The second-order valence-corrected chi connectivity index (χ2v) is 12.6. The first kappa shape index (κ1) is 34.4. The highest BCUT2D eigenvalue weighted by atomic mass is 19.4. The van der Waals surface area contributed by atoms with Crippen LogP contribution in [0.25, 0.3) is 11.1 Å². The highest BCUT2D eigenvalue weighted by Gasteiger charge is 2.52. The summed E-state index contributed by atoms with van der Waals surface area (Å²) in [6.07, 6.45) is -17.7. The minimum absolute atomic E-state index is 0.0103. The van der Waals surface area contributed by atoms with Crippen molar-refractivity contribution in [3.63, 3.8) is 0 Å². The summed E-state index contributed by atoms with van der Waals surface area (Å²) in [7, 11) is 1.37. The minimum atomic E-state index is -5.14. The first-order valence-electron chi connectivity index (χ1n) is 15.3. The third kappa shape index (κ3) is 6.16. The summed E-state index contributed by atoms with van der Waals surface area (Å²) >= 11 is 0. The Balaban J connectivity index is 1.45. The van der Waals surface area contributed by atoms with Gasteiger partial charge in [-0.15, -0.1) is 0 Å². The number of hydrogen-bond acceptors (Lipinski definition) is 4. The van der Waals surface area contributed by atoms with E-state index in [1.54, 1.807) is 25.1 Å². The van der Waals surface area contributed by atoms with E-state index >= 15 is 0 Å². The Morgan fingerprint density at radius 1 is 0.755 bits per heavy atom. The van der Waals surface area contributed by atoms with E-state index in [-0.39, 0.29) is 53.7 Å². The van der Waals surface area contributed by atoms with Gasteiger partial charge in [0, 0.05) is 23.4 Å². The van der Waals surface area contributed by atoms with Gasteiger partial charge in [-0.2, -0.15) is 39.5 Å². The summed E-state index contributed by atoms with van der Waals surface area (Å²) in [4.78, 5) is 26.8. The number of cyclic esters (lactones) is 1. The van der Waals surface area contributed by atoms with Gasteiger partial charge in [0.25, 0.3) is 0 Å². The van der Waals surface area contributed by atoms with E-state index in [0.717, 1.165) is 17.0 Å². The quantitative estimate of drug-likeness (QED) is 0.270. The van der Waals surface area contributed by atoms with Crippen molar-refractivity contribution in [1.29, 1.82) is 0 Å². The Kier molecular flexibility index (Phi) is 8.34. The Bertz CT molecular complexity index is 1770. The molecule has 0 bridgehead atoms. The van der Waals surface area contributed by atoms with Gasteiger partial charge in [-0.3, -0.25) is 9.69 Å². The lowest BCUT2D eigenvalue weighted by Gasteiger charge is -2.27. The SMILES string of the molecule is COc1ccc([C@H]2[C@H](C)NC(=O)[C@@H]2C)cc1-c1ccc(C(F)(F)F)cc1[C@@H]1CC[C@H]2[C@@H](c3cc(C(F)(F)F)cc(C(F)(F)F)c3)OC(=O)N12. The fourth-order valence-electron chi connectivity index (χ4n) is 7.41. The molecule has 0 radical (unpaired) electrons. The number of ether oxygens (including phenoxy) is 2. The average Bonchev–Trinajstić information content (AvgIpc) is 3.67. The van der Waals surface area contributed by atoms with Crippen LogP contribution in [0.2, 0.25) is 0 Å². The molecule has 15 heteroatoms. The van der Waals surface area contributed by atoms with Crippen LogP contribution in [0.4, 0.5) is 44.3 Å². The molecule has 3 saturated heterocycles. The summed E-state index contributed by atoms with van der Waals surface area (Å²) in [6, 6.07) is 6.59. The van der Waals surface area contributed by atoms with Crippen molar-refractivity contribution < 1.29 is 58.6 Å². The molecule has 3 fully saturated rings. The molecule has 6 rings (SSSR count). The highest BCUT2D eigenvalue weighted by Crippen LogP contribution is 2.52. The maximum Gasteiger partial charge on any atom is 0.416 e. The van der Waals surface area contributed by atoms with Crippen molar-refractivity contribution in [3.8, 4) is 16.9 Å². The number of alkyl halides is 9. The number of methoxy groups -OCH3 is 1. The Morgan fingerprint density at radius 2 is 1.39 bits per heavy atom. The van der Waals surface area contributed by atoms with Gasteiger partial charge in [0.05, 0.1) is 35.9 Å². The first-order chi connectivity index (χ1) is 22.8. The molecule has 1 N–H and O–H groups in total.